The molecule has 1 fully saturated rings. The average Bonchev–Trinajstić information content (AvgIpc) is 2.75. The average molecular weight is 244 g/mol. The summed E-state index contributed by atoms with van der Waals surface area (Å²) in [5.41, 5.74) is 0. The molecular weight excluding hydrogens is 216 g/mol. The standard InChI is InChI=1S/C13H28N2O2/c1-4-16-13(17-5-2)7-9-15-8-6-12(11-15)10-14-3/h12-14H,4-11H2,1-3H3. The fraction of sp³-hybridized carbons (Fsp3) is 1.00. The van der Waals surface area contributed by atoms with Crippen LogP contribution < -0.4 is 5.32 Å². The molecule has 1 aliphatic heterocycles. The number of hydrogen-bond donors (Lipinski definition) is 1. The van der Waals surface area contributed by atoms with Gasteiger partial charge < -0.3 is 19.7 Å². The Balaban J connectivity index is 2.16. The van der Waals surface area contributed by atoms with Gasteiger partial charge in [0.05, 0.1) is 0 Å². The minimum atomic E-state index is -0.0200. The molecule has 1 unspecified atom stereocenters. The molecule has 0 aliphatic carbocycles. The summed E-state index contributed by atoms with van der Waals surface area (Å²) < 4.78 is 11.1. The highest BCUT2D eigenvalue weighted by Gasteiger charge is 2.22. The van der Waals surface area contributed by atoms with Crippen LogP contribution in [-0.4, -0.2) is 57.6 Å². The van der Waals surface area contributed by atoms with E-state index in [9.17, 15) is 0 Å². The molecule has 17 heavy (non-hydrogen) atoms. The zero-order valence-electron chi connectivity index (χ0n) is 11.6. The van der Waals surface area contributed by atoms with E-state index in [2.05, 4.69) is 10.2 Å². The van der Waals surface area contributed by atoms with Crippen molar-refractivity contribution >= 4 is 0 Å². The number of nitrogens with zero attached hydrogens (tertiary/aromatic N) is 1. The molecule has 1 aliphatic rings. The first kappa shape index (κ1) is 14.9. The van der Waals surface area contributed by atoms with Crippen LogP contribution in [0.1, 0.15) is 26.7 Å². The van der Waals surface area contributed by atoms with Gasteiger partial charge in [0.15, 0.2) is 6.29 Å². The second-order valence-electron chi connectivity index (χ2n) is 4.64. The van der Waals surface area contributed by atoms with Gasteiger partial charge in [-0.1, -0.05) is 0 Å². The maximum Gasteiger partial charge on any atom is 0.158 e. The molecule has 0 aromatic heterocycles. The van der Waals surface area contributed by atoms with E-state index in [1.807, 2.05) is 20.9 Å². The lowest BCUT2D eigenvalue weighted by atomic mass is 10.1. The Kier molecular flexibility index (Phi) is 7.77. The number of hydrogen-bond acceptors (Lipinski definition) is 4. The van der Waals surface area contributed by atoms with E-state index in [4.69, 9.17) is 9.47 Å². The van der Waals surface area contributed by atoms with Crippen LogP contribution in [0.15, 0.2) is 0 Å². The Morgan fingerprint density at radius 3 is 2.59 bits per heavy atom. The molecule has 1 rings (SSSR count). The van der Waals surface area contributed by atoms with Gasteiger partial charge >= 0.3 is 0 Å². The van der Waals surface area contributed by atoms with Gasteiger partial charge in [-0.15, -0.1) is 0 Å². The monoisotopic (exact) mass is 244 g/mol. The van der Waals surface area contributed by atoms with Crippen molar-refractivity contribution in [3.05, 3.63) is 0 Å². The summed E-state index contributed by atoms with van der Waals surface area (Å²) in [7, 11) is 2.03. The van der Waals surface area contributed by atoms with Crippen LogP contribution in [0, 0.1) is 5.92 Å². The molecule has 0 aromatic carbocycles. The van der Waals surface area contributed by atoms with Crippen LogP contribution in [0.25, 0.3) is 0 Å². The minimum absolute atomic E-state index is 0.0200. The van der Waals surface area contributed by atoms with Gasteiger partial charge in [-0.2, -0.15) is 0 Å². The number of nitrogens with one attached hydrogen (secondary N) is 1. The Labute approximate surface area is 106 Å². The molecular formula is C13H28N2O2. The van der Waals surface area contributed by atoms with Gasteiger partial charge in [0.1, 0.15) is 0 Å². The summed E-state index contributed by atoms with van der Waals surface area (Å²) in [5, 5.41) is 3.26. The number of likely N-dealkylation sites (tertiary alicyclic amines) is 1. The van der Waals surface area contributed by atoms with Crippen LogP contribution in [0.5, 0.6) is 0 Å². The highest BCUT2D eigenvalue weighted by molar-refractivity contribution is 4.76. The van der Waals surface area contributed by atoms with Gasteiger partial charge in [0, 0.05) is 32.7 Å². The smallest absolute Gasteiger partial charge is 0.158 e. The minimum Gasteiger partial charge on any atom is -0.353 e. The largest absolute Gasteiger partial charge is 0.353 e. The van der Waals surface area contributed by atoms with Gasteiger partial charge in [-0.25, -0.2) is 0 Å². The number of rotatable bonds is 9. The molecule has 0 saturated carbocycles. The Morgan fingerprint density at radius 1 is 1.29 bits per heavy atom. The summed E-state index contributed by atoms with van der Waals surface area (Å²) in [6, 6.07) is 0. The van der Waals surface area contributed by atoms with Gasteiger partial charge in [0.2, 0.25) is 0 Å². The van der Waals surface area contributed by atoms with Gasteiger partial charge in [0.25, 0.3) is 0 Å². The zero-order chi connectivity index (χ0) is 12.5. The molecule has 1 saturated heterocycles. The number of ether oxygens (including phenoxy) is 2. The molecule has 0 amide bonds. The molecule has 1 N–H and O–H groups in total. The lowest BCUT2D eigenvalue weighted by Gasteiger charge is -2.21. The summed E-state index contributed by atoms with van der Waals surface area (Å²) in [6.07, 6.45) is 2.27. The van der Waals surface area contributed by atoms with Gasteiger partial charge in [-0.05, 0) is 46.3 Å². The second-order valence-corrected chi connectivity index (χ2v) is 4.64. The normalized spacial score (nSPS) is 21.5. The summed E-state index contributed by atoms with van der Waals surface area (Å²) in [6.45, 7) is 10.2. The van der Waals surface area contributed by atoms with E-state index in [1.54, 1.807) is 0 Å². The van der Waals surface area contributed by atoms with Crippen molar-refractivity contribution < 1.29 is 9.47 Å². The maximum atomic E-state index is 5.56. The molecule has 4 heteroatoms. The third-order valence-electron chi connectivity index (χ3n) is 3.25. The van der Waals surface area contributed by atoms with Crippen LogP contribution in [0.3, 0.4) is 0 Å². The summed E-state index contributed by atoms with van der Waals surface area (Å²) >= 11 is 0. The highest BCUT2D eigenvalue weighted by atomic mass is 16.7. The van der Waals surface area contributed by atoms with Crippen molar-refractivity contribution in [2.24, 2.45) is 5.92 Å². The van der Waals surface area contributed by atoms with Crippen molar-refractivity contribution in [1.29, 1.82) is 0 Å². The molecule has 1 atom stereocenters. The van der Waals surface area contributed by atoms with Crippen molar-refractivity contribution in [2.75, 3.05) is 46.4 Å². The topological polar surface area (TPSA) is 33.7 Å². The van der Waals surface area contributed by atoms with E-state index in [0.717, 1.165) is 38.6 Å². The Hall–Kier alpha value is -0.160. The fourth-order valence-corrected chi connectivity index (χ4v) is 2.45. The van der Waals surface area contributed by atoms with Crippen molar-refractivity contribution in [2.45, 2.75) is 33.0 Å². The van der Waals surface area contributed by atoms with E-state index >= 15 is 0 Å². The van der Waals surface area contributed by atoms with Crippen LogP contribution >= 0.6 is 0 Å². The Bertz CT molecular complexity index is 184. The van der Waals surface area contributed by atoms with Crippen LogP contribution in [0.4, 0.5) is 0 Å². The molecule has 0 aromatic rings. The molecule has 0 radical (unpaired) electrons. The first-order chi connectivity index (χ1) is 8.30. The van der Waals surface area contributed by atoms with Crippen LogP contribution in [0.2, 0.25) is 0 Å². The molecule has 102 valence electrons. The molecule has 0 spiro atoms. The maximum absolute atomic E-state index is 5.56. The molecule has 4 nitrogen and oxygen atoms in total. The highest BCUT2D eigenvalue weighted by Crippen LogP contribution is 2.16. The lowest BCUT2D eigenvalue weighted by Crippen LogP contribution is -2.29. The van der Waals surface area contributed by atoms with E-state index in [0.29, 0.717) is 0 Å². The van der Waals surface area contributed by atoms with Crippen molar-refractivity contribution in [3.63, 3.8) is 0 Å². The first-order valence-corrected chi connectivity index (χ1v) is 6.90. The van der Waals surface area contributed by atoms with E-state index < -0.39 is 0 Å². The predicted octanol–water partition coefficient (Wildman–Crippen LogP) is 1.32. The second kappa shape index (κ2) is 8.86. The predicted molar refractivity (Wildman–Crippen MR) is 70.1 cm³/mol. The lowest BCUT2D eigenvalue weighted by molar-refractivity contribution is -0.141. The third kappa shape index (κ3) is 5.82. The van der Waals surface area contributed by atoms with Crippen LogP contribution in [-0.2, 0) is 9.47 Å². The quantitative estimate of drug-likeness (QED) is 0.620. The summed E-state index contributed by atoms with van der Waals surface area (Å²) in [5.74, 6) is 0.817. The van der Waals surface area contributed by atoms with Gasteiger partial charge in [-0.3, -0.25) is 0 Å². The summed E-state index contributed by atoms with van der Waals surface area (Å²) in [4.78, 5) is 2.52. The third-order valence-corrected chi connectivity index (χ3v) is 3.25. The first-order valence-electron chi connectivity index (χ1n) is 6.90. The molecule has 1 heterocycles. The van der Waals surface area contributed by atoms with E-state index in [-0.39, 0.29) is 6.29 Å². The SMILES string of the molecule is CCOC(CCN1CCC(CNC)C1)OCC. The molecule has 0 bridgehead atoms. The van der Waals surface area contributed by atoms with Crippen molar-refractivity contribution in [3.8, 4) is 0 Å². The Morgan fingerprint density at radius 2 is 2.00 bits per heavy atom. The zero-order valence-corrected chi connectivity index (χ0v) is 11.6. The van der Waals surface area contributed by atoms with Crippen molar-refractivity contribution in [1.82, 2.24) is 10.2 Å². The fourth-order valence-electron chi connectivity index (χ4n) is 2.45. The van der Waals surface area contributed by atoms with E-state index in [1.165, 1.54) is 19.5 Å².